The number of oxazole rings is 1. The van der Waals surface area contributed by atoms with Gasteiger partial charge in [0.2, 0.25) is 11.8 Å². The summed E-state index contributed by atoms with van der Waals surface area (Å²) < 4.78 is 5.25. The second-order valence-corrected chi connectivity index (χ2v) is 10.9. The van der Waals surface area contributed by atoms with Crippen LogP contribution in [0.15, 0.2) is 47.2 Å². The molecule has 184 valence electrons. The van der Waals surface area contributed by atoms with Crippen molar-refractivity contribution in [1.29, 1.82) is 0 Å². The summed E-state index contributed by atoms with van der Waals surface area (Å²) in [4.78, 5) is 24.3. The number of benzene rings is 1. The van der Waals surface area contributed by atoms with Crippen molar-refractivity contribution in [2.75, 3.05) is 40.4 Å². The van der Waals surface area contributed by atoms with Crippen molar-refractivity contribution >= 4 is 5.91 Å². The fraction of sp³-hybridized carbons (Fsp3) is 0.630. The topological polar surface area (TPSA) is 64.8 Å². The fourth-order valence-electron chi connectivity index (χ4n) is 6.42. The first kappa shape index (κ1) is 23.5. The van der Waals surface area contributed by atoms with Crippen LogP contribution in [-0.4, -0.2) is 71.5 Å². The molecule has 1 saturated heterocycles. The molecule has 1 aliphatic heterocycles. The minimum atomic E-state index is 0.0431. The number of hydrogen-bond donors (Lipinski definition) is 1. The lowest BCUT2D eigenvalue weighted by atomic mass is 9.68. The molecule has 34 heavy (non-hydrogen) atoms. The Balaban J connectivity index is 1.27. The average Bonchev–Trinajstić information content (AvgIpc) is 3.44. The van der Waals surface area contributed by atoms with Gasteiger partial charge >= 0.3 is 0 Å². The zero-order chi connectivity index (χ0) is 23.6. The van der Waals surface area contributed by atoms with Crippen LogP contribution in [0, 0.1) is 5.92 Å². The van der Waals surface area contributed by atoms with Crippen LogP contribution in [0.4, 0.5) is 0 Å². The molecule has 1 aromatic heterocycles. The highest BCUT2D eigenvalue weighted by Crippen LogP contribution is 2.49. The highest BCUT2D eigenvalue weighted by Gasteiger charge is 2.51. The molecule has 1 amide bonds. The van der Waals surface area contributed by atoms with E-state index in [9.17, 15) is 4.79 Å². The minimum Gasteiger partial charge on any atom is -0.447 e. The smallest absolute Gasteiger partial charge is 0.234 e. The lowest BCUT2D eigenvalue weighted by Gasteiger charge is -2.52. The van der Waals surface area contributed by atoms with Crippen LogP contribution < -0.4 is 5.32 Å². The molecule has 3 aliphatic rings. The molecule has 7 heteroatoms. The van der Waals surface area contributed by atoms with Crippen molar-refractivity contribution < 1.29 is 9.21 Å². The van der Waals surface area contributed by atoms with Gasteiger partial charge in [-0.25, -0.2) is 4.98 Å². The second kappa shape index (κ2) is 9.80. The molecular formula is C27H39N5O2. The van der Waals surface area contributed by atoms with E-state index in [2.05, 4.69) is 69.4 Å². The van der Waals surface area contributed by atoms with Gasteiger partial charge in [-0.1, -0.05) is 36.8 Å². The Hall–Kier alpha value is -2.22. The van der Waals surface area contributed by atoms with E-state index in [-0.39, 0.29) is 17.0 Å². The number of rotatable bonds is 8. The first-order chi connectivity index (χ1) is 16.5. The normalized spacial score (nSPS) is 28.4. The summed E-state index contributed by atoms with van der Waals surface area (Å²) >= 11 is 0. The van der Waals surface area contributed by atoms with Crippen LogP contribution in [-0.2, 0) is 16.9 Å². The summed E-state index contributed by atoms with van der Waals surface area (Å²) in [5, 5.41) is 2.97. The lowest BCUT2D eigenvalue weighted by molar-refractivity contribution is -0.122. The Labute approximate surface area is 203 Å². The SMILES string of the molecule is CN(C)[C@]1(c2ccccc2)CC[C@]2(CC1)CN(CC(=O)NCc1ncco1)CN2CC1CCC1. The van der Waals surface area contributed by atoms with E-state index in [0.29, 0.717) is 19.0 Å². The maximum Gasteiger partial charge on any atom is 0.234 e. The van der Waals surface area contributed by atoms with E-state index in [0.717, 1.165) is 32.0 Å². The maximum atomic E-state index is 12.7. The first-order valence-electron chi connectivity index (χ1n) is 12.8. The molecule has 7 nitrogen and oxygen atoms in total. The van der Waals surface area contributed by atoms with Crippen molar-refractivity contribution in [3.8, 4) is 0 Å². The fourth-order valence-corrected chi connectivity index (χ4v) is 6.42. The molecule has 1 N–H and O–H groups in total. The van der Waals surface area contributed by atoms with Gasteiger partial charge in [0, 0.05) is 24.2 Å². The summed E-state index contributed by atoms with van der Waals surface area (Å²) in [6.45, 7) is 3.82. The van der Waals surface area contributed by atoms with E-state index in [1.807, 2.05) is 0 Å². The largest absolute Gasteiger partial charge is 0.447 e. The van der Waals surface area contributed by atoms with E-state index in [1.54, 1.807) is 6.20 Å². The molecule has 0 atom stereocenters. The lowest BCUT2D eigenvalue weighted by Crippen LogP contribution is -2.56. The molecule has 1 aromatic carbocycles. The monoisotopic (exact) mass is 465 g/mol. The van der Waals surface area contributed by atoms with Crippen molar-refractivity contribution in [3.05, 3.63) is 54.2 Å². The molecular weight excluding hydrogens is 426 g/mol. The third-order valence-corrected chi connectivity index (χ3v) is 8.73. The number of nitrogens with one attached hydrogen (secondary N) is 1. The third kappa shape index (κ3) is 4.66. The van der Waals surface area contributed by atoms with Crippen LogP contribution in [0.3, 0.4) is 0 Å². The van der Waals surface area contributed by atoms with Crippen LogP contribution >= 0.6 is 0 Å². The second-order valence-electron chi connectivity index (χ2n) is 10.9. The van der Waals surface area contributed by atoms with Gasteiger partial charge in [-0.3, -0.25) is 19.5 Å². The predicted molar refractivity (Wildman–Crippen MR) is 132 cm³/mol. The molecule has 0 bridgehead atoms. The summed E-state index contributed by atoms with van der Waals surface area (Å²) in [5.74, 6) is 1.41. The Bertz CT molecular complexity index is 933. The van der Waals surface area contributed by atoms with Crippen molar-refractivity contribution in [1.82, 2.24) is 25.0 Å². The molecule has 0 unspecified atom stereocenters. The maximum absolute atomic E-state index is 12.7. The number of amides is 1. The van der Waals surface area contributed by atoms with Gasteiger partial charge in [0.15, 0.2) is 0 Å². The summed E-state index contributed by atoms with van der Waals surface area (Å²) in [6, 6.07) is 11.0. The zero-order valence-corrected chi connectivity index (χ0v) is 20.7. The Morgan fingerprint density at radius 2 is 1.94 bits per heavy atom. The molecule has 0 radical (unpaired) electrons. The summed E-state index contributed by atoms with van der Waals surface area (Å²) in [5.41, 5.74) is 1.70. The number of hydrogen-bond acceptors (Lipinski definition) is 6. The number of nitrogens with zero attached hydrogens (tertiary/aromatic N) is 4. The van der Waals surface area contributed by atoms with Crippen molar-refractivity contribution in [2.24, 2.45) is 5.92 Å². The molecule has 2 aromatic rings. The van der Waals surface area contributed by atoms with Gasteiger partial charge < -0.3 is 9.73 Å². The minimum absolute atomic E-state index is 0.0431. The van der Waals surface area contributed by atoms with E-state index < -0.39 is 0 Å². The number of aromatic nitrogens is 1. The molecule has 5 rings (SSSR count). The summed E-state index contributed by atoms with van der Waals surface area (Å²) in [7, 11) is 4.46. The number of carbonyl (C=O) groups excluding carboxylic acids is 1. The highest BCUT2D eigenvalue weighted by molar-refractivity contribution is 5.77. The van der Waals surface area contributed by atoms with E-state index in [4.69, 9.17) is 4.42 Å². The van der Waals surface area contributed by atoms with Crippen molar-refractivity contribution in [3.63, 3.8) is 0 Å². The average molecular weight is 466 g/mol. The van der Waals surface area contributed by atoms with Gasteiger partial charge in [0.1, 0.15) is 6.26 Å². The molecule has 3 fully saturated rings. The molecule has 2 aliphatic carbocycles. The van der Waals surface area contributed by atoms with Gasteiger partial charge in [-0.15, -0.1) is 0 Å². The van der Waals surface area contributed by atoms with Crippen LogP contribution in [0.25, 0.3) is 0 Å². The third-order valence-electron chi connectivity index (χ3n) is 8.73. The van der Waals surface area contributed by atoms with Crippen LogP contribution in [0.2, 0.25) is 0 Å². The summed E-state index contributed by atoms with van der Waals surface area (Å²) in [6.07, 6.45) is 11.9. The molecule has 2 heterocycles. The van der Waals surface area contributed by atoms with Gasteiger partial charge in [-0.2, -0.15) is 0 Å². The Morgan fingerprint density at radius 3 is 2.56 bits per heavy atom. The Morgan fingerprint density at radius 1 is 1.18 bits per heavy atom. The van der Waals surface area contributed by atoms with E-state index in [1.165, 1.54) is 50.5 Å². The highest BCUT2D eigenvalue weighted by atomic mass is 16.3. The molecule has 2 saturated carbocycles. The van der Waals surface area contributed by atoms with Gasteiger partial charge in [0.05, 0.1) is 26.0 Å². The van der Waals surface area contributed by atoms with Gasteiger partial charge in [-0.05, 0) is 64.1 Å². The number of carbonyl (C=O) groups is 1. The van der Waals surface area contributed by atoms with Crippen LogP contribution in [0.1, 0.15) is 56.4 Å². The predicted octanol–water partition coefficient (Wildman–Crippen LogP) is 3.44. The van der Waals surface area contributed by atoms with Crippen molar-refractivity contribution in [2.45, 2.75) is 62.6 Å². The Kier molecular flexibility index (Phi) is 6.78. The quantitative estimate of drug-likeness (QED) is 0.644. The zero-order valence-electron chi connectivity index (χ0n) is 20.7. The van der Waals surface area contributed by atoms with E-state index >= 15 is 0 Å². The molecule has 1 spiro atoms. The first-order valence-corrected chi connectivity index (χ1v) is 12.8. The van der Waals surface area contributed by atoms with Crippen LogP contribution in [0.5, 0.6) is 0 Å². The standard InChI is InChI=1S/C27H39N5O2/c1-30(2)27(23-9-4-3-5-10-23)13-11-26(12-14-27)20-31(21-32(26)18-22-7-6-8-22)19-24(33)29-17-25-28-15-16-34-25/h3-5,9-10,15-16,22H,6-8,11-14,17-21H2,1-2H3,(H,29,33)/t26-,27+. The van der Waals surface area contributed by atoms with Gasteiger partial charge in [0.25, 0.3) is 0 Å².